The Labute approximate surface area is 104 Å². The number of anilines is 1. The van der Waals surface area contributed by atoms with Gasteiger partial charge in [-0.05, 0) is 44.6 Å². The van der Waals surface area contributed by atoms with Gasteiger partial charge in [-0.1, -0.05) is 25.1 Å². The summed E-state index contributed by atoms with van der Waals surface area (Å²) in [6.07, 6.45) is 1.10. The maximum absolute atomic E-state index is 5.41. The predicted molar refractivity (Wildman–Crippen MR) is 74.8 cm³/mol. The van der Waals surface area contributed by atoms with Crippen molar-refractivity contribution in [2.75, 3.05) is 11.9 Å². The van der Waals surface area contributed by atoms with E-state index in [0.717, 1.165) is 23.8 Å². The molecule has 1 N–H and O–H groups in total. The fourth-order valence-electron chi connectivity index (χ4n) is 1.59. The predicted octanol–water partition coefficient (Wildman–Crippen LogP) is 3.50. The minimum Gasteiger partial charge on any atom is -0.347 e. The van der Waals surface area contributed by atoms with Gasteiger partial charge < -0.3 is 10.2 Å². The van der Waals surface area contributed by atoms with E-state index in [-0.39, 0.29) is 0 Å². The van der Waals surface area contributed by atoms with Gasteiger partial charge in [0.15, 0.2) is 5.11 Å². The van der Waals surface area contributed by atoms with Crippen molar-refractivity contribution in [1.82, 2.24) is 4.90 Å². The van der Waals surface area contributed by atoms with Crippen LogP contribution in [0.15, 0.2) is 30.3 Å². The van der Waals surface area contributed by atoms with Crippen molar-refractivity contribution in [3.8, 4) is 0 Å². The molecule has 3 heteroatoms. The molecule has 1 aromatic rings. The van der Waals surface area contributed by atoms with E-state index in [4.69, 9.17) is 12.2 Å². The molecule has 16 heavy (non-hydrogen) atoms. The highest BCUT2D eigenvalue weighted by Gasteiger charge is 2.13. The Bertz CT molecular complexity index is 324. The van der Waals surface area contributed by atoms with Gasteiger partial charge in [-0.2, -0.15) is 0 Å². The number of rotatable bonds is 4. The fraction of sp³-hybridized carbons (Fsp3) is 0.462. The molecule has 0 saturated heterocycles. The van der Waals surface area contributed by atoms with Crippen molar-refractivity contribution in [2.45, 2.75) is 33.2 Å². The van der Waals surface area contributed by atoms with Crippen molar-refractivity contribution in [1.29, 1.82) is 0 Å². The van der Waals surface area contributed by atoms with Crippen LogP contribution in [-0.4, -0.2) is 22.6 Å². The molecular formula is C13H20N2S. The third-order valence-electron chi connectivity index (χ3n) is 2.75. The molecule has 1 rings (SSSR count). The van der Waals surface area contributed by atoms with Crippen LogP contribution in [0.1, 0.15) is 27.2 Å². The lowest BCUT2D eigenvalue weighted by atomic mass is 10.2. The number of nitrogens with zero attached hydrogens (tertiary/aromatic N) is 1. The van der Waals surface area contributed by atoms with Crippen molar-refractivity contribution in [3.63, 3.8) is 0 Å². The smallest absolute Gasteiger partial charge is 0.173 e. The molecule has 0 heterocycles. The zero-order valence-corrected chi connectivity index (χ0v) is 11.1. The summed E-state index contributed by atoms with van der Waals surface area (Å²) >= 11 is 5.41. The molecule has 88 valence electrons. The standard InChI is InChI=1S/C13H20N2S/c1-4-11(3)15(5-2)13(16)14-12-9-7-6-8-10-12/h6-11H,4-5H2,1-3H3,(H,14,16)/t11-/m1/s1. The summed E-state index contributed by atoms with van der Waals surface area (Å²) in [5, 5.41) is 4.07. The van der Waals surface area contributed by atoms with Crippen LogP contribution in [0.5, 0.6) is 0 Å². The lowest BCUT2D eigenvalue weighted by Gasteiger charge is -2.30. The minimum absolute atomic E-state index is 0.480. The summed E-state index contributed by atoms with van der Waals surface area (Å²) in [5.74, 6) is 0. The van der Waals surface area contributed by atoms with E-state index < -0.39 is 0 Å². The first-order valence-corrected chi connectivity index (χ1v) is 6.22. The van der Waals surface area contributed by atoms with Crippen molar-refractivity contribution >= 4 is 23.0 Å². The van der Waals surface area contributed by atoms with Crippen molar-refractivity contribution < 1.29 is 0 Å². The number of hydrogen-bond donors (Lipinski definition) is 1. The van der Waals surface area contributed by atoms with Crippen molar-refractivity contribution in [3.05, 3.63) is 30.3 Å². The van der Waals surface area contributed by atoms with E-state index in [0.29, 0.717) is 6.04 Å². The van der Waals surface area contributed by atoms with Crippen molar-refractivity contribution in [2.24, 2.45) is 0 Å². The molecule has 1 aromatic carbocycles. The largest absolute Gasteiger partial charge is 0.347 e. The summed E-state index contributed by atoms with van der Waals surface area (Å²) in [6.45, 7) is 7.44. The second-order valence-corrected chi connectivity index (χ2v) is 4.23. The van der Waals surface area contributed by atoms with Gasteiger partial charge in [-0.25, -0.2) is 0 Å². The Hall–Kier alpha value is -1.09. The van der Waals surface area contributed by atoms with Crippen LogP contribution in [0.3, 0.4) is 0 Å². The molecule has 0 spiro atoms. The van der Waals surface area contributed by atoms with E-state index in [1.807, 2.05) is 30.3 Å². The highest BCUT2D eigenvalue weighted by Crippen LogP contribution is 2.10. The van der Waals surface area contributed by atoms with Gasteiger partial charge in [-0.15, -0.1) is 0 Å². The molecule has 0 radical (unpaired) electrons. The van der Waals surface area contributed by atoms with Gasteiger partial charge in [0.1, 0.15) is 0 Å². The van der Waals surface area contributed by atoms with E-state index >= 15 is 0 Å². The Morgan fingerprint density at radius 2 is 1.94 bits per heavy atom. The third kappa shape index (κ3) is 3.49. The van der Waals surface area contributed by atoms with Crippen LogP contribution in [-0.2, 0) is 0 Å². The van der Waals surface area contributed by atoms with E-state index in [9.17, 15) is 0 Å². The maximum Gasteiger partial charge on any atom is 0.173 e. The first kappa shape index (κ1) is 13.0. The van der Waals surface area contributed by atoms with Gasteiger partial charge in [0.25, 0.3) is 0 Å². The first-order valence-electron chi connectivity index (χ1n) is 5.81. The molecular weight excluding hydrogens is 216 g/mol. The van der Waals surface area contributed by atoms with Crippen LogP contribution in [0, 0.1) is 0 Å². The third-order valence-corrected chi connectivity index (χ3v) is 3.09. The van der Waals surface area contributed by atoms with Gasteiger partial charge in [0, 0.05) is 18.3 Å². The zero-order valence-electron chi connectivity index (χ0n) is 10.2. The molecule has 0 aliphatic carbocycles. The molecule has 0 fully saturated rings. The highest BCUT2D eigenvalue weighted by atomic mass is 32.1. The van der Waals surface area contributed by atoms with Gasteiger partial charge >= 0.3 is 0 Å². The second kappa shape index (κ2) is 6.48. The monoisotopic (exact) mass is 236 g/mol. The molecule has 0 aliphatic rings. The van der Waals surface area contributed by atoms with Gasteiger partial charge in [-0.3, -0.25) is 0 Å². The zero-order chi connectivity index (χ0) is 12.0. The van der Waals surface area contributed by atoms with E-state index in [1.54, 1.807) is 0 Å². The topological polar surface area (TPSA) is 15.3 Å². The summed E-state index contributed by atoms with van der Waals surface area (Å²) in [5.41, 5.74) is 1.05. The lowest BCUT2D eigenvalue weighted by molar-refractivity contribution is 0.341. The molecule has 0 aliphatic heterocycles. The Balaban J connectivity index is 2.63. The Morgan fingerprint density at radius 1 is 1.31 bits per heavy atom. The average Bonchev–Trinajstić information content (AvgIpc) is 2.31. The summed E-state index contributed by atoms with van der Waals surface area (Å²) in [4.78, 5) is 2.21. The fourth-order valence-corrected chi connectivity index (χ4v) is 2.02. The maximum atomic E-state index is 5.41. The number of nitrogens with one attached hydrogen (secondary N) is 1. The highest BCUT2D eigenvalue weighted by molar-refractivity contribution is 7.80. The number of benzene rings is 1. The molecule has 0 unspecified atom stereocenters. The van der Waals surface area contributed by atoms with E-state index in [1.165, 1.54) is 0 Å². The Morgan fingerprint density at radius 3 is 2.44 bits per heavy atom. The first-order chi connectivity index (χ1) is 7.69. The summed E-state index contributed by atoms with van der Waals surface area (Å²) in [6, 6.07) is 10.5. The van der Waals surface area contributed by atoms with Crippen LogP contribution < -0.4 is 5.32 Å². The van der Waals surface area contributed by atoms with Crippen LogP contribution in [0.4, 0.5) is 5.69 Å². The SMILES string of the molecule is CC[C@@H](C)N(CC)C(=S)Nc1ccccc1. The van der Waals surface area contributed by atoms with Gasteiger partial charge in [0.2, 0.25) is 0 Å². The number of hydrogen-bond acceptors (Lipinski definition) is 1. The summed E-state index contributed by atoms with van der Waals surface area (Å²) < 4.78 is 0. The quantitative estimate of drug-likeness (QED) is 0.805. The molecule has 1 atom stereocenters. The number of para-hydroxylation sites is 1. The van der Waals surface area contributed by atoms with Crippen LogP contribution in [0.25, 0.3) is 0 Å². The second-order valence-electron chi connectivity index (χ2n) is 3.84. The molecule has 0 amide bonds. The number of thiocarbonyl (C=S) groups is 1. The molecule has 0 aromatic heterocycles. The molecule has 2 nitrogen and oxygen atoms in total. The summed E-state index contributed by atoms with van der Waals surface area (Å²) in [7, 11) is 0. The lowest BCUT2D eigenvalue weighted by Crippen LogP contribution is -2.40. The van der Waals surface area contributed by atoms with Gasteiger partial charge in [0.05, 0.1) is 0 Å². The molecule has 0 bridgehead atoms. The van der Waals surface area contributed by atoms with E-state index in [2.05, 4.69) is 31.0 Å². The van der Waals surface area contributed by atoms with Crippen LogP contribution in [0.2, 0.25) is 0 Å². The minimum atomic E-state index is 0.480. The van der Waals surface area contributed by atoms with Crippen LogP contribution >= 0.6 is 12.2 Å². The Kier molecular flexibility index (Phi) is 5.26. The molecule has 0 saturated carbocycles. The normalized spacial score (nSPS) is 11.9. The average molecular weight is 236 g/mol.